The Kier molecular flexibility index (Phi) is 2.88. The van der Waals surface area contributed by atoms with Crippen molar-refractivity contribution in [3.63, 3.8) is 0 Å². The molecule has 0 radical (unpaired) electrons. The Morgan fingerprint density at radius 2 is 2.28 bits per heavy atom. The summed E-state index contributed by atoms with van der Waals surface area (Å²) in [5, 5.41) is 13.8. The second kappa shape index (κ2) is 4.53. The first-order valence-corrected chi connectivity index (χ1v) is 6.30. The summed E-state index contributed by atoms with van der Waals surface area (Å²) in [4.78, 5) is 4.33. The molecular formula is C14H16N2O2. The Balaban J connectivity index is 1.76. The molecule has 1 aromatic heterocycles. The van der Waals surface area contributed by atoms with Gasteiger partial charge < -0.3 is 9.63 Å². The SMILES string of the molecule is Cc1cccc(-c2noc(CC(O)C3CC3)n2)c1. The molecule has 1 saturated carbocycles. The number of hydrogen-bond acceptors (Lipinski definition) is 4. The predicted octanol–water partition coefficient (Wildman–Crippen LogP) is 2.36. The maximum absolute atomic E-state index is 9.84. The standard InChI is InChI=1S/C14H16N2O2/c1-9-3-2-4-11(7-9)14-15-13(18-16-14)8-12(17)10-5-6-10/h2-4,7,10,12,17H,5-6,8H2,1H3. The van der Waals surface area contributed by atoms with Gasteiger partial charge in [-0.3, -0.25) is 0 Å². The number of rotatable bonds is 4. The monoisotopic (exact) mass is 244 g/mol. The van der Waals surface area contributed by atoms with E-state index < -0.39 is 0 Å². The highest BCUT2D eigenvalue weighted by Gasteiger charge is 2.31. The lowest BCUT2D eigenvalue weighted by molar-refractivity contribution is 0.140. The van der Waals surface area contributed by atoms with Crippen LogP contribution in [-0.4, -0.2) is 21.4 Å². The third-order valence-corrected chi connectivity index (χ3v) is 3.29. The molecule has 18 heavy (non-hydrogen) atoms. The van der Waals surface area contributed by atoms with Crippen LogP contribution >= 0.6 is 0 Å². The number of aliphatic hydroxyl groups is 1. The number of aliphatic hydroxyl groups excluding tert-OH is 1. The van der Waals surface area contributed by atoms with Gasteiger partial charge in [0, 0.05) is 5.56 Å². The molecule has 2 aromatic rings. The number of benzene rings is 1. The number of hydrogen-bond donors (Lipinski definition) is 1. The highest BCUT2D eigenvalue weighted by molar-refractivity contribution is 5.55. The topological polar surface area (TPSA) is 59.2 Å². The average molecular weight is 244 g/mol. The summed E-state index contributed by atoms with van der Waals surface area (Å²) >= 11 is 0. The largest absolute Gasteiger partial charge is 0.392 e. The normalized spacial score (nSPS) is 16.8. The van der Waals surface area contributed by atoms with Crippen molar-refractivity contribution in [2.45, 2.75) is 32.3 Å². The molecule has 1 heterocycles. The van der Waals surface area contributed by atoms with Crippen molar-refractivity contribution in [3.05, 3.63) is 35.7 Å². The van der Waals surface area contributed by atoms with Crippen LogP contribution in [0.3, 0.4) is 0 Å². The zero-order valence-corrected chi connectivity index (χ0v) is 10.3. The van der Waals surface area contributed by atoms with Gasteiger partial charge in [0.15, 0.2) is 0 Å². The van der Waals surface area contributed by atoms with Crippen LogP contribution in [0, 0.1) is 12.8 Å². The molecule has 1 atom stereocenters. The van der Waals surface area contributed by atoms with Crippen LogP contribution in [0.15, 0.2) is 28.8 Å². The summed E-state index contributed by atoms with van der Waals surface area (Å²) in [6.45, 7) is 2.03. The van der Waals surface area contributed by atoms with Crippen LogP contribution in [0.5, 0.6) is 0 Å². The van der Waals surface area contributed by atoms with E-state index in [1.54, 1.807) is 0 Å². The quantitative estimate of drug-likeness (QED) is 0.897. The Morgan fingerprint density at radius 3 is 3.00 bits per heavy atom. The Labute approximate surface area is 106 Å². The Morgan fingerprint density at radius 1 is 1.44 bits per heavy atom. The fourth-order valence-corrected chi connectivity index (χ4v) is 2.07. The summed E-state index contributed by atoms with van der Waals surface area (Å²) in [6, 6.07) is 7.98. The minimum Gasteiger partial charge on any atom is -0.392 e. The zero-order valence-electron chi connectivity index (χ0n) is 10.3. The van der Waals surface area contributed by atoms with E-state index >= 15 is 0 Å². The van der Waals surface area contributed by atoms with Gasteiger partial charge in [-0.25, -0.2) is 0 Å². The first kappa shape index (κ1) is 11.4. The minimum absolute atomic E-state index is 0.337. The Bertz CT molecular complexity index is 546. The summed E-state index contributed by atoms with van der Waals surface area (Å²) < 4.78 is 5.19. The highest BCUT2D eigenvalue weighted by atomic mass is 16.5. The summed E-state index contributed by atoms with van der Waals surface area (Å²) in [5.41, 5.74) is 2.11. The smallest absolute Gasteiger partial charge is 0.229 e. The van der Waals surface area contributed by atoms with Crippen LogP contribution in [0.1, 0.15) is 24.3 Å². The van der Waals surface area contributed by atoms with Gasteiger partial charge in [0.2, 0.25) is 11.7 Å². The lowest BCUT2D eigenvalue weighted by atomic mass is 10.1. The third kappa shape index (κ3) is 2.43. The number of nitrogens with zero attached hydrogens (tertiary/aromatic N) is 2. The third-order valence-electron chi connectivity index (χ3n) is 3.29. The van der Waals surface area contributed by atoms with Crippen LogP contribution in [0.4, 0.5) is 0 Å². The van der Waals surface area contributed by atoms with Crippen molar-refractivity contribution in [2.24, 2.45) is 5.92 Å². The summed E-state index contributed by atoms with van der Waals surface area (Å²) in [6.07, 6.45) is 2.35. The van der Waals surface area contributed by atoms with E-state index in [-0.39, 0.29) is 6.10 Å². The first-order valence-electron chi connectivity index (χ1n) is 6.30. The molecule has 0 spiro atoms. The predicted molar refractivity (Wildman–Crippen MR) is 66.9 cm³/mol. The molecule has 4 heteroatoms. The van der Waals surface area contributed by atoms with Crippen molar-refractivity contribution in [3.8, 4) is 11.4 Å². The van der Waals surface area contributed by atoms with Crippen molar-refractivity contribution < 1.29 is 9.63 Å². The summed E-state index contributed by atoms with van der Waals surface area (Å²) in [7, 11) is 0. The van der Waals surface area contributed by atoms with Crippen LogP contribution < -0.4 is 0 Å². The zero-order chi connectivity index (χ0) is 12.5. The van der Waals surface area contributed by atoms with Gasteiger partial charge in [-0.2, -0.15) is 4.98 Å². The molecule has 1 aromatic carbocycles. The number of aryl methyl sites for hydroxylation is 1. The lowest BCUT2D eigenvalue weighted by Gasteiger charge is -2.03. The molecule has 0 aliphatic heterocycles. The number of aromatic nitrogens is 2. The van der Waals surface area contributed by atoms with Crippen LogP contribution in [0.2, 0.25) is 0 Å². The maximum atomic E-state index is 9.84. The van der Waals surface area contributed by atoms with E-state index in [1.165, 1.54) is 0 Å². The van der Waals surface area contributed by atoms with Gasteiger partial charge in [0.25, 0.3) is 0 Å². The second-order valence-corrected chi connectivity index (χ2v) is 4.99. The fraction of sp³-hybridized carbons (Fsp3) is 0.429. The van der Waals surface area contributed by atoms with Gasteiger partial charge in [0.05, 0.1) is 12.5 Å². The second-order valence-electron chi connectivity index (χ2n) is 4.99. The molecule has 1 N–H and O–H groups in total. The van der Waals surface area contributed by atoms with Crippen molar-refractivity contribution in [1.29, 1.82) is 0 Å². The molecule has 1 aliphatic rings. The first-order chi connectivity index (χ1) is 8.72. The molecule has 0 saturated heterocycles. The molecule has 1 fully saturated rings. The molecule has 94 valence electrons. The minimum atomic E-state index is -0.337. The van der Waals surface area contributed by atoms with Crippen molar-refractivity contribution in [1.82, 2.24) is 10.1 Å². The van der Waals surface area contributed by atoms with Crippen LogP contribution in [-0.2, 0) is 6.42 Å². The van der Waals surface area contributed by atoms with Gasteiger partial charge in [-0.1, -0.05) is 28.9 Å². The van der Waals surface area contributed by atoms with Gasteiger partial charge in [-0.05, 0) is 31.7 Å². The molecule has 3 rings (SSSR count). The Hall–Kier alpha value is -1.68. The van der Waals surface area contributed by atoms with E-state index in [4.69, 9.17) is 4.52 Å². The average Bonchev–Trinajstić information content (AvgIpc) is 3.10. The van der Waals surface area contributed by atoms with Crippen molar-refractivity contribution in [2.75, 3.05) is 0 Å². The maximum Gasteiger partial charge on any atom is 0.229 e. The molecule has 4 nitrogen and oxygen atoms in total. The molecule has 0 amide bonds. The van der Waals surface area contributed by atoms with E-state index in [1.807, 2.05) is 31.2 Å². The molecule has 1 unspecified atom stereocenters. The van der Waals surface area contributed by atoms with E-state index in [2.05, 4.69) is 10.1 Å². The molecule has 1 aliphatic carbocycles. The highest BCUT2D eigenvalue weighted by Crippen LogP contribution is 2.33. The molecule has 0 bridgehead atoms. The van der Waals surface area contributed by atoms with E-state index in [0.717, 1.165) is 24.0 Å². The fourth-order valence-electron chi connectivity index (χ4n) is 2.07. The summed E-state index contributed by atoms with van der Waals surface area (Å²) in [5.74, 6) is 1.54. The van der Waals surface area contributed by atoms with Crippen molar-refractivity contribution >= 4 is 0 Å². The van der Waals surface area contributed by atoms with Gasteiger partial charge in [-0.15, -0.1) is 0 Å². The van der Waals surface area contributed by atoms with E-state index in [9.17, 15) is 5.11 Å². The lowest BCUT2D eigenvalue weighted by Crippen LogP contribution is -2.12. The van der Waals surface area contributed by atoms with E-state index in [0.29, 0.717) is 24.1 Å². The molecular weight excluding hydrogens is 228 g/mol. The van der Waals surface area contributed by atoms with Crippen LogP contribution in [0.25, 0.3) is 11.4 Å². The van der Waals surface area contributed by atoms with Gasteiger partial charge in [0.1, 0.15) is 0 Å². The van der Waals surface area contributed by atoms with Gasteiger partial charge >= 0.3 is 0 Å².